The van der Waals surface area contributed by atoms with Crippen LogP contribution in [-0.4, -0.2) is 36.9 Å². The molecule has 3 rings (SSSR count). The molecule has 1 amide bonds. The lowest BCUT2D eigenvalue weighted by Crippen LogP contribution is -2.34. The first kappa shape index (κ1) is 20.1. The Morgan fingerprint density at radius 2 is 2.18 bits per heavy atom. The fraction of sp³-hybridized carbons (Fsp3) is 0.533. The molecule has 28 heavy (non-hydrogen) atoms. The number of nitro groups is 1. The monoisotopic (exact) mass is 420 g/mol. The van der Waals surface area contributed by atoms with E-state index in [1.807, 2.05) is 0 Å². The molecule has 0 bridgehead atoms. The molecule has 1 atom stereocenters. The molecule has 152 valence electrons. The van der Waals surface area contributed by atoms with Crippen LogP contribution < -0.4 is 5.32 Å². The van der Waals surface area contributed by atoms with Gasteiger partial charge in [-0.05, 0) is 19.8 Å². The van der Waals surface area contributed by atoms with Gasteiger partial charge in [0.1, 0.15) is 18.4 Å². The number of carbonyl (C=O) groups excluding carboxylic acids is 1. The van der Waals surface area contributed by atoms with Gasteiger partial charge in [0.2, 0.25) is 5.91 Å². The first-order valence-corrected chi connectivity index (χ1v) is 8.77. The molecule has 2 aromatic rings. The van der Waals surface area contributed by atoms with E-state index >= 15 is 0 Å². The number of nitrogens with one attached hydrogen (secondary N) is 1. The average Bonchev–Trinajstić information content (AvgIpc) is 3.20. The second kappa shape index (κ2) is 7.41. The van der Waals surface area contributed by atoms with Crippen LogP contribution in [0.5, 0.6) is 0 Å². The van der Waals surface area contributed by atoms with Crippen LogP contribution in [0, 0.1) is 10.1 Å². The molecule has 1 saturated carbocycles. The number of aromatic nitrogens is 4. The molecule has 0 saturated heterocycles. The van der Waals surface area contributed by atoms with E-state index in [4.69, 9.17) is 11.6 Å². The molecule has 2 heterocycles. The molecule has 1 N–H and O–H groups in total. The van der Waals surface area contributed by atoms with Crippen molar-refractivity contribution >= 4 is 23.2 Å². The van der Waals surface area contributed by atoms with Gasteiger partial charge < -0.3 is 5.32 Å². The minimum absolute atomic E-state index is 0.0852. The molecule has 0 spiro atoms. The topological polar surface area (TPSA) is 108 Å². The van der Waals surface area contributed by atoms with Crippen molar-refractivity contribution in [3.8, 4) is 0 Å². The summed E-state index contributed by atoms with van der Waals surface area (Å²) >= 11 is 5.91. The Balaban J connectivity index is 1.68. The van der Waals surface area contributed by atoms with Crippen LogP contribution in [0.3, 0.4) is 0 Å². The predicted molar refractivity (Wildman–Crippen MR) is 90.8 cm³/mol. The van der Waals surface area contributed by atoms with Gasteiger partial charge in [-0.25, -0.2) is 0 Å². The van der Waals surface area contributed by atoms with Crippen molar-refractivity contribution in [1.82, 2.24) is 24.9 Å². The SMILES string of the molecule is C[C@@H](C(=O)NCCn1cc([N+](=O)[O-])cn1)n1nc(C(F)(F)F)c(Cl)c1C1CC1. The van der Waals surface area contributed by atoms with Crippen molar-refractivity contribution < 1.29 is 22.9 Å². The van der Waals surface area contributed by atoms with E-state index in [9.17, 15) is 28.1 Å². The Hall–Kier alpha value is -2.63. The summed E-state index contributed by atoms with van der Waals surface area (Å²) < 4.78 is 41.7. The third-order valence-corrected chi connectivity index (χ3v) is 4.71. The maximum absolute atomic E-state index is 13.1. The summed E-state index contributed by atoms with van der Waals surface area (Å²) in [4.78, 5) is 22.4. The van der Waals surface area contributed by atoms with E-state index in [0.29, 0.717) is 12.8 Å². The van der Waals surface area contributed by atoms with Gasteiger partial charge in [-0.3, -0.25) is 24.3 Å². The second-order valence-electron chi connectivity index (χ2n) is 6.45. The van der Waals surface area contributed by atoms with Gasteiger partial charge in [0, 0.05) is 12.5 Å². The van der Waals surface area contributed by atoms with Gasteiger partial charge in [0.05, 0.1) is 22.2 Å². The average molecular weight is 421 g/mol. The van der Waals surface area contributed by atoms with Crippen LogP contribution in [0.25, 0.3) is 0 Å². The highest BCUT2D eigenvalue weighted by Crippen LogP contribution is 2.47. The summed E-state index contributed by atoms with van der Waals surface area (Å²) in [6, 6.07) is -1.00. The minimum Gasteiger partial charge on any atom is -0.352 e. The highest BCUT2D eigenvalue weighted by atomic mass is 35.5. The third-order valence-electron chi connectivity index (χ3n) is 4.34. The molecule has 0 aliphatic heterocycles. The molecule has 1 aliphatic rings. The molecular formula is C15H16ClF3N6O3. The standard InChI is InChI=1S/C15H16ClF3N6O3/c1-8(14(26)20-4-5-23-7-10(6-21-23)25(27)28)24-12(9-2-3-9)11(16)13(22-24)15(17,18)19/h6-9H,2-5H2,1H3,(H,20,26)/t8-/m0/s1. The zero-order valence-corrected chi connectivity index (χ0v) is 15.4. The zero-order valence-electron chi connectivity index (χ0n) is 14.6. The van der Waals surface area contributed by atoms with E-state index in [1.165, 1.54) is 17.8 Å². The van der Waals surface area contributed by atoms with Crippen LogP contribution in [0.4, 0.5) is 18.9 Å². The quantitative estimate of drug-likeness (QED) is 0.547. The molecular weight excluding hydrogens is 405 g/mol. The van der Waals surface area contributed by atoms with Crippen molar-refractivity contribution in [3.63, 3.8) is 0 Å². The highest BCUT2D eigenvalue weighted by Gasteiger charge is 2.43. The van der Waals surface area contributed by atoms with Crippen LogP contribution in [0.15, 0.2) is 12.4 Å². The molecule has 0 aromatic carbocycles. The molecule has 1 aliphatic carbocycles. The largest absolute Gasteiger partial charge is 0.436 e. The number of carbonyl (C=O) groups is 1. The van der Waals surface area contributed by atoms with Crippen LogP contribution in [0.2, 0.25) is 5.02 Å². The summed E-state index contributed by atoms with van der Waals surface area (Å²) in [6.07, 6.45) is -1.04. The number of hydrogen-bond acceptors (Lipinski definition) is 5. The molecule has 0 radical (unpaired) electrons. The lowest BCUT2D eigenvalue weighted by atomic mass is 10.2. The number of hydrogen-bond donors (Lipinski definition) is 1. The van der Waals surface area contributed by atoms with Gasteiger partial charge in [0.15, 0.2) is 5.69 Å². The summed E-state index contributed by atoms with van der Waals surface area (Å²) in [5, 5.41) is 20.1. The molecule has 13 heteroatoms. The lowest BCUT2D eigenvalue weighted by Gasteiger charge is -2.15. The smallest absolute Gasteiger partial charge is 0.352 e. The Labute approximate surface area is 161 Å². The van der Waals surface area contributed by atoms with Gasteiger partial charge >= 0.3 is 11.9 Å². The van der Waals surface area contributed by atoms with Crippen LogP contribution in [0.1, 0.15) is 43.1 Å². The fourth-order valence-corrected chi connectivity index (χ4v) is 3.13. The van der Waals surface area contributed by atoms with Crippen molar-refractivity contribution in [2.75, 3.05) is 6.54 Å². The Morgan fingerprint density at radius 1 is 1.50 bits per heavy atom. The van der Waals surface area contributed by atoms with Gasteiger partial charge in [-0.15, -0.1) is 0 Å². The Kier molecular flexibility index (Phi) is 5.33. The summed E-state index contributed by atoms with van der Waals surface area (Å²) in [6.45, 7) is 1.68. The third kappa shape index (κ3) is 4.11. The van der Waals surface area contributed by atoms with Crippen LogP contribution >= 0.6 is 11.6 Å². The highest BCUT2D eigenvalue weighted by molar-refractivity contribution is 6.32. The van der Waals surface area contributed by atoms with Gasteiger partial charge in [0.25, 0.3) is 0 Å². The fourth-order valence-electron chi connectivity index (χ4n) is 2.75. The number of nitrogens with zero attached hydrogens (tertiary/aromatic N) is 5. The first-order chi connectivity index (χ1) is 13.1. The molecule has 0 unspecified atom stereocenters. The maximum Gasteiger partial charge on any atom is 0.436 e. The van der Waals surface area contributed by atoms with E-state index in [-0.39, 0.29) is 30.4 Å². The normalized spacial score (nSPS) is 15.5. The number of rotatable bonds is 7. The molecule has 9 nitrogen and oxygen atoms in total. The van der Waals surface area contributed by atoms with Gasteiger partial charge in [-0.1, -0.05) is 11.6 Å². The predicted octanol–water partition coefficient (Wildman–Crippen LogP) is 2.91. The second-order valence-corrected chi connectivity index (χ2v) is 6.83. The van der Waals surface area contributed by atoms with Crippen molar-refractivity contribution in [2.45, 2.75) is 44.4 Å². The van der Waals surface area contributed by atoms with E-state index in [1.54, 1.807) is 0 Å². The lowest BCUT2D eigenvalue weighted by molar-refractivity contribution is -0.385. The maximum atomic E-state index is 13.1. The zero-order chi connectivity index (χ0) is 20.6. The number of amides is 1. The van der Waals surface area contributed by atoms with E-state index < -0.39 is 33.8 Å². The Morgan fingerprint density at radius 3 is 2.71 bits per heavy atom. The van der Waals surface area contributed by atoms with Crippen molar-refractivity contribution in [1.29, 1.82) is 0 Å². The van der Waals surface area contributed by atoms with E-state index in [2.05, 4.69) is 15.5 Å². The summed E-state index contributed by atoms with van der Waals surface area (Å²) in [7, 11) is 0. The van der Waals surface area contributed by atoms with Gasteiger partial charge in [-0.2, -0.15) is 23.4 Å². The number of halogens is 4. The summed E-state index contributed by atoms with van der Waals surface area (Å²) in [5.74, 6) is -0.688. The Bertz CT molecular complexity index is 905. The van der Waals surface area contributed by atoms with Crippen LogP contribution in [-0.2, 0) is 17.5 Å². The van der Waals surface area contributed by atoms with Crippen molar-refractivity contribution in [3.05, 3.63) is 38.9 Å². The molecule has 1 fully saturated rings. The summed E-state index contributed by atoms with van der Waals surface area (Å²) in [5.41, 5.74) is -1.15. The first-order valence-electron chi connectivity index (χ1n) is 8.39. The molecule has 2 aromatic heterocycles. The van der Waals surface area contributed by atoms with E-state index in [0.717, 1.165) is 10.9 Å². The number of alkyl halides is 3. The van der Waals surface area contributed by atoms with Crippen molar-refractivity contribution in [2.24, 2.45) is 0 Å². The minimum atomic E-state index is -4.71.